The lowest BCUT2D eigenvalue weighted by atomic mass is 9.82. The van der Waals surface area contributed by atoms with Gasteiger partial charge in [0, 0.05) is 12.3 Å². The second-order valence-electron chi connectivity index (χ2n) is 4.99. The van der Waals surface area contributed by atoms with Gasteiger partial charge < -0.3 is 0 Å². The van der Waals surface area contributed by atoms with Crippen LogP contribution >= 0.6 is 0 Å². The molecule has 0 amide bonds. The Hall–Kier alpha value is -2.15. The number of allylic oxidation sites excluding steroid dienone is 3. The first-order valence-corrected chi connectivity index (χ1v) is 6.27. The molecule has 0 saturated carbocycles. The van der Waals surface area contributed by atoms with Gasteiger partial charge in [0.05, 0.1) is 0 Å². The second-order valence-corrected chi connectivity index (χ2v) is 4.99. The number of fused-ring (bicyclic) bond motifs is 5. The van der Waals surface area contributed by atoms with Crippen LogP contribution in [0.4, 0.5) is 0 Å². The highest BCUT2D eigenvalue weighted by atomic mass is 16.1. The number of hydrogen-bond donors (Lipinski definition) is 0. The molecule has 2 aliphatic carbocycles. The van der Waals surface area contributed by atoms with E-state index in [2.05, 4.69) is 48.6 Å². The number of ketones is 1. The summed E-state index contributed by atoms with van der Waals surface area (Å²) < 4.78 is 0. The number of benzene rings is 2. The Morgan fingerprint density at radius 3 is 2.83 bits per heavy atom. The van der Waals surface area contributed by atoms with Crippen molar-refractivity contribution in [3.8, 4) is 0 Å². The van der Waals surface area contributed by atoms with Gasteiger partial charge in [0.2, 0.25) is 0 Å². The molecule has 1 nitrogen and oxygen atoms in total. The van der Waals surface area contributed by atoms with Crippen LogP contribution in [-0.2, 0) is 4.79 Å². The summed E-state index contributed by atoms with van der Waals surface area (Å²) in [5.41, 5.74) is 3.75. The molecule has 86 valence electrons. The summed E-state index contributed by atoms with van der Waals surface area (Å²) >= 11 is 0. The Morgan fingerprint density at radius 1 is 1.00 bits per heavy atom. The molecule has 2 aliphatic rings. The second kappa shape index (κ2) is 3.42. The van der Waals surface area contributed by atoms with Crippen molar-refractivity contribution >= 4 is 22.6 Å². The van der Waals surface area contributed by atoms with E-state index in [0.29, 0.717) is 6.42 Å². The van der Waals surface area contributed by atoms with Gasteiger partial charge in [-0.3, -0.25) is 4.79 Å². The minimum absolute atomic E-state index is 0.251. The van der Waals surface area contributed by atoms with Crippen molar-refractivity contribution < 1.29 is 4.79 Å². The van der Waals surface area contributed by atoms with Crippen molar-refractivity contribution in [3.05, 3.63) is 65.3 Å². The van der Waals surface area contributed by atoms with Gasteiger partial charge in [-0.25, -0.2) is 0 Å². The summed E-state index contributed by atoms with van der Waals surface area (Å²) in [4.78, 5) is 11.6. The fraction of sp³-hybridized carbons (Fsp3) is 0.118. The Labute approximate surface area is 105 Å². The highest BCUT2D eigenvalue weighted by molar-refractivity contribution is 5.99. The number of carbonyl (C=O) groups excluding carboxylic acids is 1. The van der Waals surface area contributed by atoms with E-state index in [4.69, 9.17) is 0 Å². The first-order chi connectivity index (χ1) is 8.83. The zero-order chi connectivity index (χ0) is 12.1. The largest absolute Gasteiger partial charge is 0.295 e. The summed E-state index contributed by atoms with van der Waals surface area (Å²) in [7, 11) is 0. The van der Waals surface area contributed by atoms with Crippen LogP contribution in [0.15, 0.2) is 54.1 Å². The normalized spacial score (nSPS) is 20.8. The van der Waals surface area contributed by atoms with Crippen molar-refractivity contribution in [2.24, 2.45) is 0 Å². The first kappa shape index (κ1) is 9.84. The van der Waals surface area contributed by atoms with Gasteiger partial charge in [-0.2, -0.15) is 0 Å². The third-order valence-electron chi connectivity index (χ3n) is 3.96. The lowest BCUT2D eigenvalue weighted by Gasteiger charge is -2.21. The van der Waals surface area contributed by atoms with E-state index in [1.54, 1.807) is 6.08 Å². The van der Waals surface area contributed by atoms with Gasteiger partial charge >= 0.3 is 0 Å². The number of rotatable bonds is 0. The molecule has 0 radical (unpaired) electrons. The van der Waals surface area contributed by atoms with Crippen LogP contribution in [0.2, 0.25) is 0 Å². The molecule has 1 unspecified atom stereocenters. The highest BCUT2D eigenvalue weighted by Crippen LogP contribution is 2.42. The van der Waals surface area contributed by atoms with E-state index in [1.807, 2.05) is 0 Å². The van der Waals surface area contributed by atoms with E-state index in [-0.39, 0.29) is 11.7 Å². The van der Waals surface area contributed by atoms with Crippen LogP contribution < -0.4 is 0 Å². The smallest absolute Gasteiger partial charge is 0.156 e. The summed E-state index contributed by atoms with van der Waals surface area (Å²) in [6.07, 6.45) is 6.67. The van der Waals surface area contributed by atoms with Crippen LogP contribution in [0.1, 0.15) is 23.5 Å². The SMILES string of the molecule is O=C1C=C2C=Cc3c(ccc4ccccc34)C2C1. The standard InChI is InChI=1S/C17H12O/c18-13-9-12-6-8-15-14-4-2-1-3-11(14)5-7-16(15)17(12)10-13/h1-9,17H,10H2. The minimum atomic E-state index is 0.251. The molecule has 0 saturated heterocycles. The van der Waals surface area contributed by atoms with Crippen LogP contribution in [0, 0.1) is 0 Å². The average molecular weight is 232 g/mol. The molecule has 0 heterocycles. The maximum absolute atomic E-state index is 11.6. The molecule has 0 N–H and O–H groups in total. The van der Waals surface area contributed by atoms with Crippen molar-refractivity contribution in [1.29, 1.82) is 0 Å². The molecule has 0 aromatic heterocycles. The third-order valence-corrected chi connectivity index (χ3v) is 3.96. The molecule has 0 fully saturated rings. The van der Waals surface area contributed by atoms with Crippen molar-refractivity contribution in [1.82, 2.24) is 0 Å². The van der Waals surface area contributed by atoms with Gasteiger partial charge in [-0.15, -0.1) is 0 Å². The molecule has 1 atom stereocenters. The number of hydrogen-bond acceptors (Lipinski definition) is 1. The fourth-order valence-electron chi connectivity index (χ4n) is 3.10. The third kappa shape index (κ3) is 1.25. The maximum atomic E-state index is 11.6. The Balaban J connectivity index is 2.03. The maximum Gasteiger partial charge on any atom is 0.156 e. The van der Waals surface area contributed by atoms with Gasteiger partial charge in [-0.05, 0) is 33.5 Å². The Kier molecular flexibility index (Phi) is 1.87. The van der Waals surface area contributed by atoms with E-state index in [0.717, 1.165) is 0 Å². The van der Waals surface area contributed by atoms with Gasteiger partial charge in [0.25, 0.3) is 0 Å². The molecule has 4 rings (SSSR count). The predicted octanol–water partition coefficient (Wildman–Crippen LogP) is 3.85. The quantitative estimate of drug-likeness (QED) is 0.674. The lowest BCUT2D eigenvalue weighted by molar-refractivity contribution is -0.114. The van der Waals surface area contributed by atoms with Crippen LogP contribution in [0.3, 0.4) is 0 Å². The fourth-order valence-corrected chi connectivity index (χ4v) is 3.10. The molecule has 1 heteroatoms. The summed E-state index contributed by atoms with van der Waals surface area (Å²) in [5.74, 6) is 0.530. The van der Waals surface area contributed by atoms with Crippen LogP contribution in [-0.4, -0.2) is 5.78 Å². The van der Waals surface area contributed by atoms with E-state index < -0.39 is 0 Å². The van der Waals surface area contributed by atoms with Gasteiger partial charge in [0.1, 0.15) is 0 Å². The van der Waals surface area contributed by atoms with Crippen molar-refractivity contribution in [3.63, 3.8) is 0 Å². The zero-order valence-corrected chi connectivity index (χ0v) is 9.89. The Bertz CT molecular complexity index is 734. The van der Waals surface area contributed by atoms with Crippen molar-refractivity contribution in [2.45, 2.75) is 12.3 Å². The van der Waals surface area contributed by atoms with E-state index >= 15 is 0 Å². The van der Waals surface area contributed by atoms with Crippen LogP contribution in [0.5, 0.6) is 0 Å². The summed E-state index contributed by atoms with van der Waals surface area (Å²) in [6, 6.07) is 12.8. The predicted molar refractivity (Wildman–Crippen MR) is 73.4 cm³/mol. The molecule has 2 aromatic carbocycles. The zero-order valence-electron chi connectivity index (χ0n) is 9.89. The van der Waals surface area contributed by atoms with E-state index in [9.17, 15) is 4.79 Å². The first-order valence-electron chi connectivity index (χ1n) is 6.27. The summed E-state index contributed by atoms with van der Waals surface area (Å²) in [5, 5.41) is 2.54. The topological polar surface area (TPSA) is 17.1 Å². The average Bonchev–Trinajstić information content (AvgIpc) is 2.79. The molecule has 0 bridgehead atoms. The van der Waals surface area contributed by atoms with Crippen LogP contribution in [0.25, 0.3) is 16.8 Å². The van der Waals surface area contributed by atoms with Crippen molar-refractivity contribution in [2.75, 3.05) is 0 Å². The minimum Gasteiger partial charge on any atom is -0.295 e. The van der Waals surface area contributed by atoms with E-state index in [1.165, 1.54) is 27.5 Å². The molecular weight excluding hydrogens is 220 g/mol. The molecule has 0 aliphatic heterocycles. The number of carbonyl (C=O) groups is 1. The Morgan fingerprint density at radius 2 is 1.89 bits per heavy atom. The molecule has 0 spiro atoms. The van der Waals surface area contributed by atoms with Gasteiger partial charge in [0.15, 0.2) is 5.78 Å². The monoisotopic (exact) mass is 232 g/mol. The molecular formula is C17H12O. The highest BCUT2D eigenvalue weighted by Gasteiger charge is 2.29. The van der Waals surface area contributed by atoms with Gasteiger partial charge in [-0.1, -0.05) is 48.6 Å². The summed E-state index contributed by atoms with van der Waals surface area (Å²) in [6.45, 7) is 0. The molecule has 18 heavy (non-hydrogen) atoms. The molecule has 2 aromatic rings. The lowest BCUT2D eigenvalue weighted by Crippen LogP contribution is -2.04.